The zero-order valence-electron chi connectivity index (χ0n) is 12.6. The highest BCUT2D eigenvalue weighted by Crippen LogP contribution is 2.18. The summed E-state index contributed by atoms with van der Waals surface area (Å²) in [5.41, 5.74) is 0.666. The molecule has 0 N–H and O–H groups in total. The fourth-order valence-electron chi connectivity index (χ4n) is 2.07. The van der Waals surface area contributed by atoms with E-state index in [0.717, 1.165) is 6.54 Å². The molecule has 0 aliphatic carbocycles. The van der Waals surface area contributed by atoms with E-state index in [1.54, 1.807) is 7.11 Å². The van der Waals surface area contributed by atoms with Crippen LogP contribution in [0.5, 0.6) is 5.75 Å². The van der Waals surface area contributed by atoms with Gasteiger partial charge < -0.3 is 4.74 Å². The number of para-hydroxylation sites is 1. The summed E-state index contributed by atoms with van der Waals surface area (Å²) >= 11 is 0. The van der Waals surface area contributed by atoms with Gasteiger partial charge in [0.2, 0.25) is 0 Å². The first-order chi connectivity index (χ1) is 8.95. The number of methoxy groups -OCH3 is 1. The minimum absolute atomic E-state index is 0.117. The van der Waals surface area contributed by atoms with Crippen molar-refractivity contribution in [3.8, 4) is 5.75 Å². The number of ketones is 1. The topological polar surface area (TPSA) is 29.5 Å². The molecular formula is C16H25NO2. The number of hydrogen-bond donors (Lipinski definition) is 0. The second kappa shape index (κ2) is 7.29. The second-order valence-electron chi connectivity index (χ2n) is 5.54. The molecule has 0 saturated heterocycles. The van der Waals surface area contributed by atoms with E-state index in [9.17, 15) is 4.79 Å². The monoisotopic (exact) mass is 263 g/mol. The van der Waals surface area contributed by atoms with Crippen molar-refractivity contribution in [1.82, 2.24) is 4.90 Å². The average molecular weight is 263 g/mol. The largest absolute Gasteiger partial charge is 0.496 e. The van der Waals surface area contributed by atoms with Gasteiger partial charge in [0.25, 0.3) is 0 Å². The van der Waals surface area contributed by atoms with Gasteiger partial charge in [-0.3, -0.25) is 9.69 Å². The van der Waals surface area contributed by atoms with E-state index < -0.39 is 0 Å². The van der Waals surface area contributed by atoms with Crippen LogP contribution in [0.3, 0.4) is 0 Å². The molecule has 0 aliphatic rings. The van der Waals surface area contributed by atoms with Crippen LogP contribution in [0.25, 0.3) is 0 Å². The van der Waals surface area contributed by atoms with Crippen LogP contribution in [0.1, 0.15) is 38.1 Å². The van der Waals surface area contributed by atoms with E-state index in [1.165, 1.54) is 0 Å². The summed E-state index contributed by atoms with van der Waals surface area (Å²) in [6, 6.07) is 7.77. The molecule has 0 fully saturated rings. The van der Waals surface area contributed by atoms with Gasteiger partial charge in [0.15, 0.2) is 5.78 Å². The molecule has 1 aromatic rings. The molecule has 0 saturated carbocycles. The summed E-state index contributed by atoms with van der Waals surface area (Å²) in [6.45, 7) is 9.95. The number of carbonyl (C=O) groups is 1. The highest BCUT2D eigenvalue weighted by Gasteiger charge is 2.18. The fraction of sp³-hybridized carbons (Fsp3) is 0.562. The van der Waals surface area contributed by atoms with Crippen molar-refractivity contribution in [3.63, 3.8) is 0 Å². The quantitative estimate of drug-likeness (QED) is 0.707. The Labute approximate surface area is 116 Å². The van der Waals surface area contributed by atoms with Crippen LogP contribution < -0.4 is 4.74 Å². The summed E-state index contributed by atoms with van der Waals surface area (Å²) in [5, 5.41) is 0. The van der Waals surface area contributed by atoms with Gasteiger partial charge in [0, 0.05) is 12.6 Å². The Hall–Kier alpha value is -1.35. The van der Waals surface area contributed by atoms with Crippen LogP contribution in [-0.4, -0.2) is 36.9 Å². The molecule has 19 heavy (non-hydrogen) atoms. The first-order valence-corrected chi connectivity index (χ1v) is 6.86. The highest BCUT2D eigenvalue weighted by atomic mass is 16.5. The minimum atomic E-state index is 0.117. The van der Waals surface area contributed by atoms with Gasteiger partial charge >= 0.3 is 0 Å². The molecule has 0 atom stereocenters. The van der Waals surface area contributed by atoms with Crippen molar-refractivity contribution in [1.29, 1.82) is 0 Å². The number of Topliss-reactive ketones (excluding diaryl/α,β-unsaturated/α-hetero) is 1. The lowest BCUT2D eigenvalue weighted by molar-refractivity contribution is 0.0890. The third kappa shape index (κ3) is 4.67. The molecule has 3 nitrogen and oxygen atoms in total. The van der Waals surface area contributed by atoms with Gasteiger partial charge in [0.1, 0.15) is 5.75 Å². The number of nitrogens with zero attached hydrogens (tertiary/aromatic N) is 1. The predicted molar refractivity (Wildman–Crippen MR) is 78.9 cm³/mol. The molecule has 0 aromatic heterocycles. The SMILES string of the molecule is COc1ccccc1C(=O)CN(CC(C)C)C(C)C. The van der Waals surface area contributed by atoms with Crippen molar-refractivity contribution in [2.24, 2.45) is 5.92 Å². The molecule has 1 rings (SSSR count). The van der Waals surface area contributed by atoms with Crippen molar-refractivity contribution >= 4 is 5.78 Å². The maximum absolute atomic E-state index is 12.4. The Morgan fingerprint density at radius 3 is 2.37 bits per heavy atom. The van der Waals surface area contributed by atoms with Gasteiger partial charge in [-0.25, -0.2) is 0 Å². The number of ether oxygens (including phenoxy) is 1. The van der Waals surface area contributed by atoms with E-state index in [0.29, 0.717) is 29.8 Å². The molecule has 1 aromatic carbocycles. The molecule has 0 heterocycles. The second-order valence-corrected chi connectivity index (χ2v) is 5.54. The van der Waals surface area contributed by atoms with Crippen molar-refractivity contribution in [2.45, 2.75) is 33.7 Å². The molecule has 0 spiro atoms. The van der Waals surface area contributed by atoms with Gasteiger partial charge in [-0.2, -0.15) is 0 Å². The molecule has 0 aliphatic heterocycles. The van der Waals surface area contributed by atoms with E-state index in [2.05, 4.69) is 32.6 Å². The smallest absolute Gasteiger partial charge is 0.180 e. The molecule has 106 valence electrons. The van der Waals surface area contributed by atoms with Crippen molar-refractivity contribution in [3.05, 3.63) is 29.8 Å². The highest BCUT2D eigenvalue weighted by molar-refractivity contribution is 6.00. The van der Waals surface area contributed by atoms with Gasteiger partial charge in [-0.1, -0.05) is 26.0 Å². The predicted octanol–water partition coefficient (Wildman–Crippen LogP) is 3.24. The van der Waals surface area contributed by atoms with E-state index >= 15 is 0 Å². The molecular weight excluding hydrogens is 238 g/mol. The zero-order valence-corrected chi connectivity index (χ0v) is 12.6. The van der Waals surface area contributed by atoms with Gasteiger partial charge in [-0.15, -0.1) is 0 Å². The van der Waals surface area contributed by atoms with E-state index in [4.69, 9.17) is 4.74 Å². The number of benzene rings is 1. The Balaban J connectivity index is 2.81. The lowest BCUT2D eigenvalue weighted by atomic mass is 10.1. The summed E-state index contributed by atoms with van der Waals surface area (Å²) < 4.78 is 5.25. The molecule has 0 radical (unpaired) electrons. The molecule has 3 heteroatoms. The lowest BCUT2D eigenvalue weighted by Crippen LogP contribution is -2.38. The Kier molecular flexibility index (Phi) is 6.03. The van der Waals surface area contributed by atoms with E-state index in [1.807, 2.05) is 24.3 Å². The van der Waals surface area contributed by atoms with Crippen LogP contribution in [0, 0.1) is 5.92 Å². The van der Waals surface area contributed by atoms with Crippen molar-refractivity contribution in [2.75, 3.05) is 20.2 Å². The normalized spacial score (nSPS) is 11.4. The first kappa shape index (κ1) is 15.7. The molecule has 0 bridgehead atoms. The van der Waals surface area contributed by atoms with E-state index in [-0.39, 0.29) is 5.78 Å². The number of hydrogen-bond acceptors (Lipinski definition) is 3. The number of carbonyl (C=O) groups excluding carboxylic acids is 1. The van der Waals surface area contributed by atoms with Crippen LogP contribution in [0.4, 0.5) is 0 Å². The van der Waals surface area contributed by atoms with Gasteiger partial charge in [0.05, 0.1) is 19.2 Å². The molecule has 0 amide bonds. The third-order valence-electron chi connectivity index (χ3n) is 3.08. The van der Waals surface area contributed by atoms with Crippen LogP contribution in [-0.2, 0) is 0 Å². The van der Waals surface area contributed by atoms with Crippen LogP contribution >= 0.6 is 0 Å². The summed E-state index contributed by atoms with van der Waals surface area (Å²) in [7, 11) is 1.60. The summed E-state index contributed by atoms with van der Waals surface area (Å²) in [6.07, 6.45) is 0. The fourth-order valence-corrected chi connectivity index (χ4v) is 2.07. The summed E-state index contributed by atoms with van der Waals surface area (Å²) in [4.78, 5) is 14.6. The third-order valence-corrected chi connectivity index (χ3v) is 3.08. The first-order valence-electron chi connectivity index (χ1n) is 6.86. The Bertz CT molecular complexity index is 413. The molecule has 0 unspecified atom stereocenters. The Morgan fingerprint density at radius 1 is 1.21 bits per heavy atom. The average Bonchev–Trinajstić information content (AvgIpc) is 2.37. The lowest BCUT2D eigenvalue weighted by Gasteiger charge is -2.27. The van der Waals surface area contributed by atoms with Crippen LogP contribution in [0.15, 0.2) is 24.3 Å². The van der Waals surface area contributed by atoms with Gasteiger partial charge in [-0.05, 0) is 31.9 Å². The number of rotatable bonds is 7. The maximum Gasteiger partial charge on any atom is 0.180 e. The summed E-state index contributed by atoms with van der Waals surface area (Å²) in [5.74, 6) is 1.32. The zero-order chi connectivity index (χ0) is 14.4. The standard InChI is InChI=1S/C16H25NO2/c1-12(2)10-17(13(3)4)11-15(18)14-8-6-7-9-16(14)19-5/h6-9,12-13H,10-11H2,1-5H3. The maximum atomic E-state index is 12.4. The minimum Gasteiger partial charge on any atom is -0.496 e. The van der Waals surface area contributed by atoms with Crippen LogP contribution in [0.2, 0.25) is 0 Å². The van der Waals surface area contributed by atoms with Crippen molar-refractivity contribution < 1.29 is 9.53 Å². The Morgan fingerprint density at radius 2 is 1.84 bits per heavy atom.